The Morgan fingerprint density at radius 2 is 1.86 bits per heavy atom. The van der Waals surface area contributed by atoms with Gasteiger partial charge < -0.3 is 14.8 Å². The van der Waals surface area contributed by atoms with E-state index in [1.165, 1.54) is 13.2 Å². The van der Waals surface area contributed by atoms with Crippen molar-refractivity contribution in [1.29, 1.82) is 0 Å². The molecule has 1 heterocycles. The summed E-state index contributed by atoms with van der Waals surface area (Å²) in [6.45, 7) is 2.76. The number of imide groups is 1. The Balaban J connectivity index is 2.05. The van der Waals surface area contributed by atoms with Gasteiger partial charge in [0.05, 0.1) is 30.4 Å². The lowest BCUT2D eigenvalue weighted by molar-refractivity contribution is -0.137. The van der Waals surface area contributed by atoms with E-state index in [4.69, 9.17) is 32.7 Å². The van der Waals surface area contributed by atoms with Crippen molar-refractivity contribution in [3.05, 3.63) is 63.8 Å². The molecule has 2 aromatic rings. The van der Waals surface area contributed by atoms with Gasteiger partial charge in [-0.05, 0) is 31.2 Å². The Morgan fingerprint density at radius 1 is 1.07 bits per heavy atom. The molecule has 2 aromatic carbocycles. The molecule has 0 aliphatic carbocycles. The molecule has 1 aliphatic heterocycles. The zero-order valence-corrected chi connectivity index (χ0v) is 17.5. The maximum absolute atomic E-state index is 13.1. The Bertz CT molecular complexity index is 975. The lowest BCUT2D eigenvalue weighted by atomic mass is 10.0. The summed E-state index contributed by atoms with van der Waals surface area (Å²) >= 11 is 12.3. The number of rotatable bonds is 8. The molecule has 0 unspecified atom stereocenters. The van der Waals surface area contributed by atoms with Gasteiger partial charge in [0, 0.05) is 29.4 Å². The van der Waals surface area contributed by atoms with Gasteiger partial charge in [0.1, 0.15) is 11.4 Å². The number of carbonyl (C=O) groups is 2. The molecular weight excluding hydrogens is 415 g/mol. The molecule has 0 atom stereocenters. The molecule has 2 amide bonds. The summed E-state index contributed by atoms with van der Waals surface area (Å²) in [5, 5.41) is 3.79. The summed E-state index contributed by atoms with van der Waals surface area (Å²) in [6.07, 6.45) is 0. The molecule has 0 aromatic heterocycles. The highest BCUT2D eigenvalue weighted by Crippen LogP contribution is 2.35. The van der Waals surface area contributed by atoms with Crippen molar-refractivity contribution < 1.29 is 19.1 Å². The largest absolute Gasteiger partial charge is 0.494 e. The third kappa shape index (κ3) is 4.56. The van der Waals surface area contributed by atoms with Crippen LogP contribution >= 0.6 is 23.2 Å². The van der Waals surface area contributed by atoms with Crippen molar-refractivity contribution in [2.24, 2.45) is 0 Å². The van der Waals surface area contributed by atoms with E-state index in [-0.39, 0.29) is 29.4 Å². The van der Waals surface area contributed by atoms with Crippen LogP contribution in [0.15, 0.2) is 48.2 Å². The second kappa shape index (κ2) is 9.31. The van der Waals surface area contributed by atoms with Crippen molar-refractivity contribution >= 4 is 46.3 Å². The second-order valence-corrected chi connectivity index (χ2v) is 7.06. The number of nitrogens with zero attached hydrogens (tertiary/aromatic N) is 1. The van der Waals surface area contributed by atoms with E-state index >= 15 is 0 Å². The normalized spacial score (nSPS) is 14.0. The number of methoxy groups -OCH3 is 1. The molecule has 3 rings (SSSR count). The first-order chi connectivity index (χ1) is 14.0. The molecule has 0 saturated carbocycles. The topological polar surface area (TPSA) is 67.9 Å². The van der Waals surface area contributed by atoms with E-state index in [9.17, 15) is 9.59 Å². The summed E-state index contributed by atoms with van der Waals surface area (Å²) < 4.78 is 10.5. The Labute approximate surface area is 179 Å². The lowest BCUT2D eigenvalue weighted by Crippen LogP contribution is -2.35. The first-order valence-corrected chi connectivity index (χ1v) is 9.76. The smallest absolute Gasteiger partial charge is 0.278 e. The molecule has 0 spiro atoms. The Morgan fingerprint density at radius 3 is 2.55 bits per heavy atom. The minimum atomic E-state index is -0.449. The standard InChI is InChI=1S/C21H20Cl2N2O4/c1-3-29-15-6-4-5-14(12-15)24-19-18(16-8-7-13(22)11-17(16)23)20(26)25(21(19)27)9-10-28-2/h4-8,11-12,24H,3,9-10H2,1-2H3. The van der Waals surface area contributed by atoms with Crippen LogP contribution in [0.2, 0.25) is 10.0 Å². The van der Waals surface area contributed by atoms with Gasteiger partial charge in [-0.3, -0.25) is 14.5 Å². The highest BCUT2D eigenvalue weighted by atomic mass is 35.5. The number of ether oxygens (including phenoxy) is 2. The van der Waals surface area contributed by atoms with Gasteiger partial charge in [0.15, 0.2) is 0 Å². The van der Waals surface area contributed by atoms with Crippen LogP contribution in [0.3, 0.4) is 0 Å². The highest BCUT2D eigenvalue weighted by Gasteiger charge is 2.39. The molecule has 0 fully saturated rings. The minimum absolute atomic E-state index is 0.132. The first kappa shape index (κ1) is 21.2. The summed E-state index contributed by atoms with van der Waals surface area (Å²) in [4.78, 5) is 27.2. The average molecular weight is 435 g/mol. The van der Waals surface area contributed by atoms with E-state index in [2.05, 4.69) is 5.32 Å². The van der Waals surface area contributed by atoms with Crippen molar-refractivity contribution in [3.63, 3.8) is 0 Å². The number of amides is 2. The first-order valence-electron chi connectivity index (χ1n) is 9.01. The number of anilines is 1. The molecule has 1 aliphatic rings. The predicted octanol–water partition coefficient (Wildman–Crippen LogP) is 4.23. The maximum atomic E-state index is 13.1. The Hall–Kier alpha value is -2.54. The van der Waals surface area contributed by atoms with E-state index in [0.717, 1.165) is 4.90 Å². The fourth-order valence-electron chi connectivity index (χ4n) is 2.99. The third-order valence-electron chi connectivity index (χ3n) is 4.30. The van der Waals surface area contributed by atoms with Crippen LogP contribution in [0.5, 0.6) is 5.75 Å². The summed E-state index contributed by atoms with van der Waals surface area (Å²) in [7, 11) is 1.51. The van der Waals surface area contributed by atoms with Crippen LogP contribution in [0, 0.1) is 0 Å². The zero-order valence-electron chi connectivity index (χ0n) is 16.0. The van der Waals surface area contributed by atoms with E-state index in [0.29, 0.717) is 28.6 Å². The fourth-order valence-corrected chi connectivity index (χ4v) is 3.50. The maximum Gasteiger partial charge on any atom is 0.278 e. The van der Waals surface area contributed by atoms with Crippen LogP contribution in [-0.2, 0) is 14.3 Å². The van der Waals surface area contributed by atoms with E-state index in [1.807, 2.05) is 13.0 Å². The van der Waals surface area contributed by atoms with Crippen molar-refractivity contribution in [1.82, 2.24) is 4.90 Å². The predicted molar refractivity (Wildman–Crippen MR) is 113 cm³/mol. The molecule has 0 saturated heterocycles. The number of carbonyl (C=O) groups excluding carboxylic acids is 2. The molecule has 152 valence electrons. The quantitative estimate of drug-likeness (QED) is 0.629. The highest BCUT2D eigenvalue weighted by molar-refractivity contribution is 6.41. The van der Waals surface area contributed by atoms with E-state index < -0.39 is 11.8 Å². The number of hydrogen-bond donors (Lipinski definition) is 1. The van der Waals surface area contributed by atoms with Crippen molar-refractivity contribution in [3.8, 4) is 5.75 Å². The number of hydrogen-bond acceptors (Lipinski definition) is 5. The summed E-state index contributed by atoms with van der Waals surface area (Å²) in [5.74, 6) is -0.244. The zero-order chi connectivity index (χ0) is 21.0. The van der Waals surface area contributed by atoms with Gasteiger partial charge in [0.2, 0.25) is 0 Å². The molecule has 1 N–H and O–H groups in total. The van der Waals surface area contributed by atoms with Gasteiger partial charge in [-0.2, -0.15) is 0 Å². The molecule has 0 radical (unpaired) electrons. The molecule has 6 nitrogen and oxygen atoms in total. The molecule has 0 bridgehead atoms. The van der Waals surface area contributed by atoms with Gasteiger partial charge in [-0.1, -0.05) is 35.3 Å². The molecular formula is C21H20Cl2N2O4. The average Bonchev–Trinajstić information content (AvgIpc) is 2.91. The SMILES string of the molecule is CCOc1cccc(NC2=C(c3ccc(Cl)cc3Cl)C(=O)N(CCOC)C2=O)c1. The molecule has 29 heavy (non-hydrogen) atoms. The van der Waals surface area contributed by atoms with Crippen molar-refractivity contribution in [2.45, 2.75) is 6.92 Å². The van der Waals surface area contributed by atoms with Gasteiger partial charge in [0.25, 0.3) is 11.8 Å². The van der Waals surface area contributed by atoms with E-state index in [1.54, 1.807) is 30.3 Å². The van der Waals surface area contributed by atoms with Crippen LogP contribution in [0.4, 0.5) is 5.69 Å². The van der Waals surface area contributed by atoms with Crippen LogP contribution in [0.1, 0.15) is 12.5 Å². The second-order valence-electron chi connectivity index (χ2n) is 6.21. The lowest BCUT2D eigenvalue weighted by Gasteiger charge is -2.14. The van der Waals surface area contributed by atoms with Crippen LogP contribution in [-0.4, -0.2) is 43.6 Å². The number of benzene rings is 2. The molecule has 8 heteroatoms. The number of nitrogens with one attached hydrogen (secondary N) is 1. The summed E-state index contributed by atoms with van der Waals surface area (Å²) in [6, 6.07) is 11.9. The minimum Gasteiger partial charge on any atom is -0.494 e. The van der Waals surface area contributed by atoms with Gasteiger partial charge in [-0.25, -0.2) is 0 Å². The number of halogens is 2. The van der Waals surface area contributed by atoms with Crippen LogP contribution in [0.25, 0.3) is 5.57 Å². The van der Waals surface area contributed by atoms with Crippen LogP contribution < -0.4 is 10.1 Å². The van der Waals surface area contributed by atoms with Crippen molar-refractivity contribution in [2.75, 3.05) is 32.2 Å². The summed E-state index contributed by atoms with van der Waals surface area (Å²) in [5.41, 5.74) is 1.37. The Kier molecular flexibility index (Phi) is 6.79. The monoisotopic (exact) mass is 434 g/mol. The third-order valence-corrected chi connectivity index (χ3v) is 4.85. The van der Waals surface area contributed by atoms with Gasteiger partial charge in [-0.15, -0.1) is 0 Å². The van der Waals surface area contributed by atoms with Gasteiger partial charge >= 0.3 is 0 Å². The fraction of sp³-hybridized carbons (Fsp3) is 0.238.